The van der Waals surface area contributed by atoms with Crippen LogP contribution in [-0.4, -0.2) is 4.57 Å². The van der Waals surface area contributed by atoms with E-state index in [4.69, 9.17) is 0 Å². The molecule has 2 aliphatic rings. The Hall–Kier alpha value is -9.29. The number of hydrogen-bond acceptors (Lipinski definition) is 1. The van der Waals surface area contributed by atoms with Gasteiger partial charge in [-0.2, -0.15) is 5.26 Å². The minimum Gasteiger partial charge on any atom is -0.309 e. The second kappa shape index (κ2) is 18.4. The molecule has 14 rings (SSSR count). The third kappa shape index (κ3) is 7.97. The third-order valence-corrected chi connectivity index (χ3v) is 17.3. The van der Waals surface area contributed by atoms with Gasteiger partial charge in [-0.25, -0.2) is 0 Å². The Morgan fingerprint density at radius 1 is 0.296 bits per heavy atom. The predicted octanol–water partition coefficient (Wildman–Crippen LogP) is 21.8. The topological polar surface area (TPSA) is 28.7 Å². The van der Waals surface area contributed by atoms with Crippen LogP contribution >= 0.6 is 0 Å². The minimum absolute atomic E-state index is 0.217. The van der Waals surface area contributed by atoms with Crippen molar-refractivity contribution >= 4 is 21.8 Å². The number of fused-ring (bicyclic) bond motifs is 19. The van der Waals surface area contributed by atoms with Crippen molar-refractivity contribution < 1.29 is 0 Å². The van der Waals surface area contributed by atoms with Crippen LogP contribution in [0.5, 0.6) is 0 Å². The van der Waals surface area contributed by atoms with Crippen molar-refractivity contribution in [2.75, 3.05) is 0 Å². The lowest BCUT2D eigenvalue weighted by Gasteiger charge is -2.37. The standard InChI is InChI=1S/C79H64N2/c1-77(2,3)70-46-71(78(4,5)6)75(50-35-39-60-56-26-11-10-22-52(56)53-23-12-15-27-57(53)66-42-48(47-80)34-38-63(66)68(60)44-50)76(79(7,8)9)74(70)49-36-40-61-62-41-37-51(81-72-32-20-18-30-64(72)65-31-19-21-33-73(65)81)45-69(62)59-29-17-14-25-55(59)54-24-13-16-28-58(54)67(61)43-49/h10-46H,1-9H3. The molecule has 81 heavy (non-hydrogen) atoms. The molecule has 1 aromatic heterocycles. The van der Waals surface area contributed by atoms with Crippen molar-refractivity contribution in [1.29, 1.82) is 5.26 Å². The highest BCUT2D eigenvalue weighted by Gasteiger charge is 2.36. The summed E-state index contributed by atoms with van der Waals surface area (Å²) < 4.78 is 2.44. The molecule has 0 fully saturated rings. The third-order valence-electron chi connectivity index (χ3n) is 17.3. The number of nitrogens with zero attached hydrogens (tertiary/aromatic N) is 2. The van der Waals surface area contributed by atoms with Crippen LogP contribution in [0, 0.1) is 11.3 Å². The second-order valence-electron chi connectivity index (χ2n) is 25.5. The summed E-state index contributed by atoms with van der Waals surface area (Å²) in [4.78, 5) is 0. The monoisotopic (exact) mass is 1040 g/mol. The molecule has 2 heteroatoms. The van der Waals surface area contributed by atoms with E-state index in [0.717, 1.165) is 27.9 Å². The average Bonchev–Trinajstić information content (AvgIpc) is 3.99. The van der Waals surface area contributed by atoms with Gasteiger partial charge in [0.1, 0.15) is 0 Å². The SMILES string of the molecule is CC(C)(C)c1cc(C(C)(C)C)c(-c2ccc3c(c2)-c2ccc(C#N)cc2-c2ccccc2-c2ccccc2-3)c(C(C)(C)C)c1-c1ccc2c(c1)-c1ccccc1-c1ccccc1-c1cc(-n3c4ccccc4c4ccccc43)ccc1-2. The Morgan fingerprint density at radius 3 is 1.01 bits per heavy atom. The number of nitriles is 1. The van der Waals surface area contributed by atoms with E-state index in [1.54, 1.807) is 0 Å². The Morgan fingerprint density at radius 2 is 0.617 bits per heavy atom. The van der Waals surface area contributed by atoms with E-state index in [9.17, 15) is 5.26 Å². The van der Waals surface area contributed by atoms with Crippen LogP contribution in [0.2, 0.25) is 0 Å². The zero-order valence-corrected chi connectivity index (χ0v) is 47.8. The predicted molar refractivity (Wildman–Crippen MR) is 343 cm³/mol. The number of aromatic nitrogens is 1. The maximum absolute atomic E-state index is 10.3. The molecule has 0 aliphatic heterocycles. The van der Waals surface area contributed by atoms with E-state index in [0.29, 0.717) is 5.56 Å². The molecule has 0 saturated carbocycles. The normalized spacial score (nSPS) is 12.5. The molecule has 2 aliphatic carbocycles. The maximum Gasteiger partial charge on any atom is 0.0991 e. The zero-order valence-electron chi connectivity index (χ0n) is 47.8. The molecule has 0 saturated heterocycles. The first-order valence-corrected chi connectivity index (χ1v) is 28.6. The Balaban J connectivity index is 1.05. The maximum atomic E-state index is 10.3. The summed E-state index contributed by atoms with van der Waals surface area (Å²) in [5, 5.41) is 12.9. The summed E-state index contributed by atoms with van der Waals surface area (Å²) in [6.45, 7) is 21.6. The zero-order chi connectivity index (χ0) is 55.7. The Bertz CT molecular complexity index is 4590. The van der Waals surface area contributed by atoms with Gasteiger partial charge in [0.25, 0.3) is 0 Å². The van der Waals surface area contributed by atoms with Crippen LogP contribution in [0.1, 0.15) is 84.6 Å². The van der Waals surface area contributed by atoms with Crippen molar-refractivity contribution in [2.45, 2.75) is 78.6 Å². The molecule has 0 amide bonds. The first-order chi connectivity index (χ1) is 39.1. The van der Waals surface area contributed by atoms with Gasteiger partial charge in [-0.1, -0.05) is 238 Å². The Labute approximate surface area is 477 Å². The highest BCUT2D eigenvalue weighted by molar-refractivity contribution is 6.11. The second-order valence-corrected chi connectivity index (χ2v) is 25.5. The summed E-state index contributed by atoms with van der Waals surface area (Å²) in [5.74, 6) is 0. The van der Waals surface area contributed by atoms with Crippen molar-refractivity contribution in [3.8, 4) is 123 Å². The fourth-order valence-electron chi connectivity index (χ4n) is 13.7. The van der Waals surface area contributed by atoms with Crippen LogP contribution < -0.4 is 0 Å². The van der Waals surface area contributed by atoms with Crippen LogP contribution in [0.25, 0.3) is 139 Å². The molecule has 2 nitrogen and oxygen atoms in total. The molecule has 0 bridgehead atoms. The summed E-state index contributed by atoms with van der Waals surface area (Å²) in [5.41, 5.74) is 31.4. The molecule has 0 atom stereocenters. The summed E-state index contributed by atoms with van der Waals surface area (Å²) >= 11 is 0. The van der Waals surface area contributed by atoms with E-state index in [1.165, 1.54) is 128 Å². The molecular weight excluding hydrogens is 977 g/mol. The molecule has 11 aromatic carbocycles. The number of hydrogen-bond donors (Lipinski definition) is 0. The highest BCUT2D eigenvalue weighted by atomic mass is 15.0. The van der Waals surface area contributed by atoms with Gasteiger partial charge in [0.2, 0.25) is 0 Å². The molecule has 0 radical (unpaired) electrons. The molecule has 390 valence electrons. The van der Waals surface area contributed by atoms with Crippen molar-refractivity contribution in [3.05, 3.63) is 247 Å². The van der Waals surface area contributed by atoms with Crippen LogP contribution in [-0.2, 0) is 16.2 Å². The lowest BCUT2D eigenvalue weighted by molar-refractivity contribution is 0.553. The summed E-state index contributed by atoms with van der Waals surface area (Å²) in [6.07, 6.45) is 0. The van der Waals surface area contributed by atoms with Crippen molar-refractivity contribution in [3.63, 3.8) is 0 Å². The van der Waals surface area contributed by atoms with E-state index in [2.05, 4.69) is 291 Å². The quantitative estimate of drug-likeness (QED) is 0.173. The molecular formula is C79H64N2. The number of rotatable bonds is 3. The van der Waals surface area contributed by atoms with Gasteiger partial charge in [0, 0.05) is 16.5 Å². The van der Waals surface area contributed by atoms with Gasteiger partial charge in [-0.3, -0.25) is 0 Å². The van der Waals surface area contributed by atoms with Gasteiger partial charge in [0.05, 0.1) is 22.7 Å². The molecule has 1 heterocycles. The highest BCUT2D eigenvalue weighted by Crippen LogP contribution is 2.55. The average molecular weight is 1040 g/mol. The Kier molecular flexibility index (Phi) is 11.3. The van der Waals surface area contributed by atoms with Crippen LogP contribution in [0.4, 0.5) is 0 Å². The summed E-state index contributed by atoms with van der Waals surface area (Å²) in [6, 6.07) is 86.3. The fraction of sp³-hybridized carbons (Fsp3) is 0.152. The first kappa shape index (κ1) is 50.0. The number of benzene rings is 11. The van der Waals surface area contributed by atoms with Gasteiger partial charge < -0.3 is 4.57 Å². The smallest absolute Gasteiger partial charge is 0.0991 e. The van der Waals surface area contributed by atoms with E-state index >= 15 is 0 Å². The van der Waals surface area contributed by atoms with Crippen molar-refractivity contribution in [1.82, 2.24) is 4.57 Å². The van der Waals surface area contributed by atoms with Crippen molar-refractivity contribution in [2.24, 2.45) is 0 Å². The van der Waals surface area contributed by atoms with E-state index in [1.807, 2.05) is 6.07 Å². The van der Waals surface area contributed by atoms with Crippen LogP contribution in [0.15, 0.2) is 224 Å². The molecule has 0 unspecified atom stereocenters. The van der Waals surface area contributed by atoms with E-state index in [-0.39, 0.29) is 16.2 Å². The van der Waals surface area contributed by atoms with Gasteiger partial charge >= 0.3 is 0 Å². The fourth-order valence-corrected chi connectivity index (χ4v) is 13.7. The molecule has 12 aromatic rings. The molecule has 0 N–H and O–H groups in total. The van der Waals surface area contributed by atoms with Crippen LogP contribution in [0.3, 0.4) is 0 Å². The lowest BCUT2D eigenvalue weighted by Crippen LogP contribution is -2.25. The minimum atomic E-state index is -0.307. The van der Waals surface area contributed by atoms with E-state index < -0.39 is 0 Å². The number of para-hydroxylation sites is 2. The van der Waals surface area contributed by atoms with Gasteiger partial charge in [0.15, 0.2) is 0 Å². The molecule has 0 spiro atoms. The first-order valence-electron chi connectivity index (χ1n) is 28.6. The lowest BCUT2D eigenvalue weighted by atomic mass is 9.66. The van der Waals surface area contributed by atoms with Gasteiger partial charge in [-0.05, 0) is 193 Å². The largest absolute Gasteiger partial charge is 0.309 e. The van der Waals surface area contributed by atoms with Gasteiger partial charge in [-0.15, -0.1) is 0 Å². The summed E-state index contributed by atoms with van der Waals surface area (Å²) in [7, 11) is 0.